The summed E-state index contributed by atoms with van der Waals surface area (Å²) in [5.74, 6) is 1.92. The van der Waals surface area contributed by atoms with E-state index in [4.69, 9.17) is 28.2 Å². The molecule has 0 saturated heterocycles. The zero-order valence-electron chi connectivity index (χ0n) is 12.7. The van der Waals surface area contributed by atoms with Crippen molar-refractivity contribution in [1.82, 2.24) is 9.71 Å². The zero-order valence-corrected chi connectivity index (χ0v) is 15.1. The van der Waals surface area contributed by atoms with E-state index >= 15 is 0 Å². The third-order valence-corrected chi connectivity index (χ3v) is 5.38. The number of hydrogen-bond acceptors (Lipinski definition) is 4. The van der Waals surface area contributed by atoms with E-state index in [-0.39, 0.29) is 0 Å². The topological polar surface area (TPSA) is 37.0 Å². The summed E-state index contributed by atoms with van der Waals surface area (Å²) in [6.07, 6.45) is 3.25. The van der Waals surface area contributed by atoms with Gasteiger partial charge in [-0.2, -0.15) is 0 Å². The fourth-order valence-corrected chi connectivity index (χ4v) is 3.54. The average Bonchev–Trinajstić information content (AvgIpc) is 2.57. The third kappa shape index (κ3) is 4.77. The van der Waals surface area contributed by atoms with Gasteiger partial charge in [0.1, 0.15) is 5.82 Å². The molecular weight excluding hydrogens is 349 g/mol. The van der Waals surface area contributed by atoms with Crippen molar-refractivity contribution in [3.63, 3.8) is 0 Å². The Bertz CT molecular complexity index is 679. The van der Waals surface area contributed by atoms with E-state index in [9.17, 15) is 0 Å². The highest BCUT2D eigenvalue weighted by atomic mass is 35.5. The van der Waals surface area contributed by atoms with Crippen molar-refractivity contribution in [2.24, 2.45) is 0 Å². The van der Waals surface area contributed by atoms with Crippen LogP contribution in [0.15, 0.2) is 30.3 Å². The van der Waals surface area contributed by atoms with Crippen LogP contribution in [0.1, 0.15) is 23.2 Å². The Morgan fingerprint density at radius 1 is 1.17 bits per heavy atom. The Labute approximate surface area is 151 Å². The van der Waals surface area contributed by atoms with Crippen molar-refractivity contribution >= 4 is 41.0 Å². The van der Waals surface area contributed by atoms with Crippen LogP contribution in [0, 0.1) is 0 Å². The van der Waals surface area contributed by atoms with Gasteiger partial charge in [0.05, 0.1) is 10.0 Å². The van der Waals surface area contributed by atoms with Crippen LogP contribution in [-0.2, 0) is 18.6 Å². The van der Waals surface area contributed by atoms with E-state index in [1.54, 1.807) is 11.9 Å². The van der Waals surface area contributed by atoms with Gasteiger partial charge in [0.2, 0.25) is 0 Å². The fourth-order valence-electron chi connectivity index (χ4n) is 2.52. The minimum atomic E-state index is 0.598. The molecule has 3 nitrogen and oxygen atoms in total. The first-order valence-corrected chi connectivity index (χ1v) is 9.48. The van der Waals surface area contributed by atoms with Crippen molar-refractivity contribution in [3.05, 3.63) is 57.2 Å². The monoisotopic (exact) mass is 367 g/mol. The van der Waals surface area contributed by atoms with Crippen LogP contribution < -0.4 is 10.0 Å². The molecule has 0 bridgehead atoms. The molecule has 6 heteroatoms. The van der Waals surface area contributed by atoms with Gasteiger partial charge in [0.15, 0.2) is 0 Å². The average molecular weight is 368 g/mol. The van der Waals surface area contributed by atoms with E-state index in [0.29, 0.717) is 10.0 Å². The molecule has 0 amide bonds. The van der Waals surface area contributed by atoms with Crippen LogP contribution in [0.3, 0.4) is 0 Å². The van der Waals surface area contributed by atoms with Crippen LogP contribution in [0.25, 0.3) is 0 Å². The standard InChI is InChI=1S/C17H19Cl2N3S/c18-15-6-3-12(10-16(15)19)11-23-21-9-7-14-5-4-13-2-1-8-20-17(13)22-14/h3-6,10,21H,1-2,7-9,11H2,(H,20,22). The minimum Gasteiger partial charge on any atom is -0.370 e. The Kier molecular flexibility index (Phi) is 6.06. The van der Waals surface area contributed by atoms with Gasteiger partial charge in [-0.15, -0.1) is 0 Å². The number of aryl methyl sites for hydroxylation is 1. The number of nitrogens with zero attached hydrogens (tertiary/aromatic N) is 1. The van der Waals surface area contributed by atoms with Crippen LogP contribution in [0.2, 0.25) is 10.0 Å². The van der Waals surface area contributed by atoms with Gasteiger partial charge in [-0.05, 0) is 42.2 Å². The van der Waals surface area contributed by atoms with Gasteiger partial charge in [-0.1, -0.05) is 47.3 Å². The van der Waals surface area contributed by atoms with Crippen LogP contribution in [0.4, 0.5) is 5.82 Å². The second-order valence-electron chi connectivity index (χ2n) is 5.52. The van der Waals surface area contributed by atoms with Crippen LogP contribution in [0.5, 0.6) is 0 Å². The number of aromatic nitrogens is 1. The molecule has 2 N–H and O–H groups in total. The highest BCUT2D eigenvalue weighted by Crippen LogP contribution is 2.24. The smallest absolute Gasteiger partial charge is 0.129 e. The fraction of sp³-hybridized carbons (Fsp3) is 0.353. The number of anilines is 1. The molecular formula is C17H19Cl2N3S. The molecule has 1 aliphatic rings. The summed E-state index contributed by atoms with van der Waals surface area (Å²) >= 11 is 13.6. The van der Waals surface area contributed by atoms with Gasteiger partial charge >= 0.3 is 0 Å². The molecule has 1 aromatic carbocycles. The zero-order chi connectivity index (χ0) is 16.1. The van der Waals surface area contributed by atoms with E-state index in [1.807, 2.05) is 18.2 Å². The highest BCUT2D eigenvalue weighted by Gasteiger charge is 2.09. The molecule has 0 fully saturated rings. The summed E-state index contributed by atoms with van der Waals surface area (Å²) in [5.41, 5.74) is 3.62. The SMILES string of the molecule is Clc1ccc(CSNCCc2ccc3c(n2)NCCC3)cc1Cl. The Hall–Kier alpha value is -0.940. The van der Waals surface area contributed by atoms with Crippen molar-refractivity contribution < 1.29 is 0 Å². The van der Waals surface area contributed by atoms with E-state index in [1.165, 1.54) is 12.0 Å². The molecule has 122 valence electrons. The second kappa shape index (κ2) is 8.25. The predicted molar refractivity (Wildman–Crippen MR) is 101 cm³/mol. The molecule has 0 aliphatic carbocycles. The van der Waals surface area contributed by atoms with Gasteiger partial charge in [0.25, 0.3) is 0 Å². The molecule has 2 aromatic rings. The Morgan fingerprint density at radius 2 is 2.09 bits per heavy atom. The van der Waals surface area contributed by atoms with Crippen LogP contribution in [-0.4, -0.2) is 18.1 Å². The summed E-state index contributed by atoms with van der Waals surface area (Å²) in [4.78, 5) is 4.70. The van der Waals surface area contributed by atoms with Crippen LogP contribution >= 0.6 is 35.1 Å². The second-order valence-corrected chi connectivity index (χ2v) is 7.20. The quantitative estimate of drug-likeness (QED) is 0.571. The van der Waals surface area contributed by atoms with Gasteiger partial charge in [0, 0.05) is 31.0 Å². The van der Waals surface area contributed by atoms with Crippen molar-refractivity contribution in [3.8, 4) is 0 Å². The maximum atomic E-state index is 6.02. The molecule has 0 radical (unpaired) electrons. The van der Waals surface area contributed by atoms with Crippen molar-refractivity contribution in [1.29, 1.82) is 0 Å². The number of rotatable bonds is 6. The number of nitrogens with one attached hydrogen (secondary N) is 2. The lowest BCUT2D eigenvalue weighted by atomic mass is 10.1. The van der Waals surface area contributed by atoms with E-state index < -0.39 is 0 Å². The number of halogens is 2. The highest BCUT2D eigenvalue weighted by molar-refractivity contribution is 7.96. The maximum absolute atomic E-state index is 6.02. The summed E-state index contributed by atoms with van der Waals surface area (Å²) in [6, 6.07) is 10.1. The largest absolute Gasteiger partial charge is 0.370 e. The molecule has 0 atom stereocenters. The lowest BCUT2D eigenvalue weighted by Gasteiger charge is -2.17. The summed E-state index contributed by atoms with van der Waals surface area (Å²) in [5, 5.41) is 4.58. The first-order chi connectivity index (χ1) is 11.2. The molecule has 1 aliphatic heterocycles. The van der Waals surface area contributed by atoms with Gasteiger partial charge in [-0.3, -0.25) is 4.72 Å². The minimum absolute atomic E-state index is 0.598. The van der Waals surface area contributed by atoms with Crippen molar-refractivity contribution in [2.75, 3.05) is 18.4 Å². The lowest BCUT2D eigenvalue weighted by molar-refractivity contribution is 0.803. The first kappa shape index (κ1) is 16.9. The molecule has 2 heterocycles. The number of pyridine rings is 1. The summed E-state index contributed by atoms with van der Waals surface area (Å²) in [7, 11) is 0. The maximum Gasteiger partial charge on any atom is 0.129 e. The number of hydrogen-bond donors (Lipinski definition) is 2. The molecule has 3 rings (SSSR count). The molecule has 1 aromatic heterocycles. The number of fused-ring (bicyclic) bond motifs is 1. The first-order valence-electron chi connectivity index (χ1n) is 7.73. The van der Waals surface area contributed by atoms with E-state index in [0.717, 1.165) is 48.8 Å². The van der Waals surface area contributed by atoms with Gasteiger partial charge < -0.3 is 5.32 Å². The number of benzene rings is 1. The molecule has 0 unspecified atom stereocenters. The third-order valence-electron chi connectivity index (χ3n) is 3.76. The molecule has 23 heavy (non-hydrogen) atoms. The van der Waals surface area contributed by atoms with Gasteiger partial charge in [-0.25, -0.2) is 4.98 Å². The Balaban J connectivity index is 1.42. The molecule has 0 spiro atoms. The predicted octanol–water partition coefficient (Wildman–Crippen LogP) is 4.73. The van der Waals surface area contributed by atoms with E-state index in [2.05, 4.69) is 22.2 Å². The normalized spacial score (nSPS) is 13.5. The summed E-state index contributed by atoms with van der Waals surface area (Å²) < 4.78 is 3.38. The molecule has 0 saturated carbocycles. The Morgan fingerprint density at radius 3 is 2.96 bits per heavy atom. The van der Waals surface area contributed by atoms with Crippen molar-refractivity contribution in [2.45, 2.75) is 25.0 Å². The summed E-state index contributed by atoms with van der Waals surface area (Å²) in [6.45, 7) is 1.92. The lowest BCUT2D eigenvalue weighted by Crippen LogP contribution is -2.15.